The summed E-state index contributed by atoms with van der Waals surface area (Å²) in [5, 5.41) is 0. The van der Waals surface area contributed by atoms with Crippen LogP contribution in [0.3, 0.4) is 0 Å². The number of hydrogen-bond acceptors (Lipinski definition) is 6. The first-order valence-corrected chi connectivity index (χ1v) is 18.3. The number of aliphatic imine (C=N–C) groups is 1. The van der Waals surface area contributed by atoms with Crippen LogP contribution in [0.25, 0.3) is 0 Å². The highest BCUT2D eigenvalue weighted by atomic mass is 16.2. The number of Topliss-reactive ketones (excluding diaryl/α,β-unsaturated/α-hetero) is 1. The molecule has 0 radical (unpaired) electrons. The first-order chi connectivity index (χ1) is 21.2. The van der Waals surface area contributed by atoms with Crippen molar-refractivity contribution in [3.05, 3.63) is 0 Å². The van der Waals surface area contributed by atoms with Gasteiger partial charge in [0.1, 0.15) is 0 Å². The van der Waals surface area contributed by atoms with Crippen LogP contribution in [-0.4, -0.2) is 60.8 Å². The molecule has 0 aromatic rings. The minimum absolute atomic E-state index is 0.0141. The van der Waals surface area contributed by atoms with Crippen molar-refractivity contribution in [2.45, 2.75) is 174 Å². The summed E-state index contributed by atoms with van der Waals surface area (Å²) in [5.41, 5.74) is 28.4. The van der Waals surface area contributed by atoms with E-state index in [1.807, 2.05) is 11.8 Å². The van der Waals surface area contributed by atoms with Crippen LogP contribution in [0.5, 0.6) is 0 Å². The van der Waals surface area contributed by atoms with E-state index < -0.39 is 12.1 Å². The van der Waals surface area contributed by atoms with Crippen molar-refractivity contribution >= 4 is 17.6 Å². The number of nitrogens with two attached hydrogens (primary N) is 5. The summed E-state index contributed by atoms with van der Waals surface area (Å²) in [4.78, 5) is 31.1. The van der Waals surface area contributed by atoms with Gasteiger partial charge in [0.05, 0.1) is 12.1 Å². The van der Waals surface area contributed by atoms with Gasteiger partial charge in [0.2, 0.25) is 5.91 Å². The fourth-order valence-corrected chi connectivity index (χ4v) is 5.79. The van der Waals surface area contributed by atoms with Crippen molar-refractivity contribution < 1.29 is 9.59 Å². The first-order valence-electron chi connectivity index (χ1n) is 18.3. The van der Waals surface area contributed by atoms with Gasteiger partial charge in [-0.05, 0) is 32.1 Å². The van der Waals surface area contributed by atoms with Crippen molar-refractivity contribution in [1.82, 2.24) is 4.90 Å². The Morgan fingerprint density at radius 3 is 1.48 bits per heavy atom. The third-order valence-electron chi connectivity index (χ3n) is 8.80. The molecule has 0 aliphatic heterocycles. The van der Waals surface area contributed by atoms with Crippen LogP contribution < -0.4 is 28.7 Å². The van der Waals surface area contributed by atoms with E-state index in [2.05, 4.69) is 11.9 Å². The van der Waals surface area contributed by atoms with Crippen LogP contribution in [0.4, 0.5) is 0 Å². The lowest BCUT2D eigenvalue weighted by molar-refractivity contribution is -0.132. The molecular formula is C35H73N7O2. The minimum atomic E-state index is -0.577. The summed E-state index contributed by atoms with van der Waals surface area (Å²) in [7, 11) is 0. The molecule has 2 unspecified atom stereocenters. The molecule has 0 spiro atoms. The van der Waals surface area contributed by atoms with Gasteiger partial charge in [-0.1, -0.05) is 129 Å². The monoisotopic (exact) mass is 624 g/mol. The van der Waals surface area contributed by atoms with E-state index in [0.717, 1.165) is 51.6 Å². The molecule has 9 heteroatoms. The molecule has 0 fully saturated rings. The van der Waals surface area contributed by atoms with E-state index in [-0.39, 0.29) is 30.1 Å². The molecule has 0 aliphatic rings. The fraction of sp³-hybridized carbons (Fsp3) is 0.914. The Hall–Kier alpha value is -1.71. The van der Waals surface area contributed by atoms with Crippen LogP contribution >= 0.6 is 0 Å². The van der Waals surface area contributed by atoms with E-state index in [9.17, 15) is 9.59 Å². The zero-order chi connectivity index (χ0) is 32.8. The molecule has 0 saturated heterocycles. The van der Waals surface area contributed by atoms with Gasteiger partial charge < -0.3 is 33.6 Å². The van der Waals surface area contributed by atoms with Crippen LogP contribution in [0, 0.1) is 5.92 Å². The third-order valence-corrected chi connectivity index (χ3v) is 8.80. The number of nitrogens with zero attached hydrogens (tertiary/aromatic N) is 2. The molecule has 44 heavy (non-hydrogen) atoms. The Bertz CT molecular complexity index is 715. The van der Waals surface area contributed by atoms with Gasteiger partial charge in [-0.25, -0.2) is 0 Å². The Labute approximate surface area is 271 Å². The predicted molar refractivity (Wildman–Crippen MR) is 188 cm³/mol. The van der Waals surface area contributed by atoms with Crippen LogP contribution in [0.2, 0.25) is 0 Å². The van der Waals surface area contributed by atoms with E-state index in [1.165, 1.54) is 103 Å². The molecule has 1 amide bonds. The van der Waals surface area contributed by atoms with Crippen LogP contribution in [-0.2, 0) is 9.59 Å². The maximum absolute atomic E-state index is 12.7. The standard InChI is InChI=1S/C35H73N7O2/c1-3-4-5-6-7-8-12-15-18-21-27-42(34(44)32(38)29-36)28-22-19-16-13-10-9-11-14-17-20-24-30(2)33(43)31(37)25-23-26-41-35(39)40/h30-32H,3-29,36-38H2,1-2H3,(H4,39,40,41)/t30?,31-,32?/m0/s1. The van der Waals surface area contributed by atoms with E-state index >= 15 is 0 Å². The zero-order valence-corrected chi connectivity index (χ0v) is 28.9. The number of hydrogen-bond donors (Lipinski definition) is 5. The quantitative estimate of drug-likeness (QED) is 0.0351. The second-order valence-electron chi connectivity index (χ2n) is 13.0. The summed E-state index contributed by atoms with van der Waals surface area (Å²) in [5.74, 6) is 0.266. The summed E-state index contributed by atoms with van der Waals surface area (Å²) in [6, 6.07) is -0.997. The number of rotatable bonds is 32. The fourth-order valence-electron chi connectivity index (χ4n) is 5.79. The molecule has 0 bridgehead atoms. The molecule has 260 valence electrons. The van der Waals surface area contributed by atoms with Crippen molar-refractivity contribution in [3.8, 4) is 0 Å². The van der Waals surface area contributed by atoms with Gasteiger partial charge in [0.25, 0.3) is 0 Å². The highest BCUT2D eigenvalue weighted by molar-refractivity contribution is 5.85. The Morgan fingerprint density at radius 2 is 1.05 bits per heavy atom. The molecule has 0 aliphatic carbocycles. The number of carbonyl (C=O) groups excluding carboxylic acids is 2. The van der Waals surface area contributed by atoms with E-state index in [0.29, 0.717) is 13.0 Å². The SMILES string of the molecule is CCCCCCCCCCCCN(CCCCCCCCCCCCC(C)C(=O)[C@@H](N)CCCN=C(N)N)C(=O)C(N)CN. The number of guanidine groups is 1. The molecule has 0 aromatic heterocycles. The van der Waals surface area contributed by atoms with Gasteiger partial charge in [0, 0.05) is 32.1 Å². The molecule has 0 heterocycles. The van der Waals surface area contributed by atoms with E-state index in [1.54, 1.807) is 0 Å². The maximum atomic E-state index is 12.7. The third kappa shape index (κ3) is 24.6. The topological polar surface area (TPSA) is 180 Å². The lowest BCUT2D eigenvalue weighted by atomic mass is 9.92. The summed E-state index contributed by atoms with van der Waals surface area (Å²) >= 11 is 0. The Kier molecular flexibility index (Phi) is 28.8. The highest BCUT2D eigenvalue weighted by Crippen LogP contribution is 2.17. The average Bonchev–Trinajstić information content (AvgIpc) is 3.01. The van der Waals surface area contributed by atoms with Gasteiger partial charge in [-0.3, -0.25) is 14.6 Å². The zero-order valence-electron chi connectivity index (χ0n) is 28.9. The number of carbonyl (C=O) groups is 2. The molecule has 3 atom stereocenters. The normalized spacial score (nSPS) is 13.4. The largest absolute Gasteiger partial charge is 0.370 e. The lowest BCUT2D eigenvalue weighted by Crippen LogP contribution is -2.48. The van der Waals surface area contributed by atoms with Gasteiger partial charge >= 0.3 is 0 Å². The maximum Gasteiger partial charge on any atom is 0.240 e. The average molecular weight is 624 g/mol. The summed E-state index contributed by atoms with van der Waals surface area (Å²) in [6.45, 7) is 6.59. The minimum Gasteiger partial charge on any atom is -0.370 e. The second-order valence-corrected chi connectivity index (χ2v) is 13.0. The second kappa shape index (κ2) is 30.0. The number of ketones is 1. The number of unbranched alkanes of at least 4 members (excludes halogenated alkanes) is 18. The molecule has 10 N–H and O–H groups in total. The highest BCUT2D eigenvalue weighted by Gasteiger charge is 2.20. The van der Waals surface area contributed by atoms with Crippen molar-refractivity contribution in [2.75, 3.05) is 26.2 Å². The van der Waals surface area contributed by atoms with Crippen LogP contribution in [0.15, 0.2) is 4.99 Å². The molecule has 0 saturated carbocycles. The Morgan fingerprint density at radius 1 is 0.614 bits per heavy atom. The lowest BCUT2D eigenvalue weighted by Gasteiger charge is -2.25. The van der Waals surface area contributed by atoms with E-state index in [4.69, 9.17) is 28.7 Å². The summed E-state index contributed by atoms with van der Waals surface area (Å²) in [6.07, 6.45) is 27.1. The smallest absolute Gasteiger partial charge is 0.240 e. The molecular weight excluding hydrogens is 550 g/mol. The molecule has 0 rings (SSSR count). The van der Waals surface area contributed by atoms with Crippen molar-refractivity contribution in [1.29, 1.82) is 0 Å². The molecule has 9 nitrogen and oxygen atoms in total. The Balaban J connectivity index is 3.88. The van der Waals surface area contributed by atoms with Crippen LogP contribution in [0.1, 0.15) is 162 Å². The van der Waals surface area contributed by atoms with Gasteiger partial charge in [0.15, 0.2) is 11.7 Å². The van der Waals surface area contributed by atoms with Crippen molar-refractivity contribution in [2.24, 2.45) is 39.6 Å². The first kappa shape index (κ1) is 42.3. The van der Waals surface area contributed by atoms with Gasteiger partial charge in [-0.15, -0.1) is 0 Å². The molecule has 0 aromatic carbocycles. The summed E-state index contributed by atoms with van der Waals surface area (Å²) < 4.78 is 0. The van der Waals surface area contributed by atoms with Crippen molar-refractivity contribution in [3.63, 3.8) is 0 Å². The van der Waals surface area contributed by atoms with Gasteiger partial charge in [-0.2, -0.15) is 0 Å². The number of amides is 1. The predicted octanol–water partition coefficient (Wildman–Crippen LogP) is 5.90.